The molecule has 1 aliphatic rings. The molecule has 0 aliphatic carbocycles. The number of alkyl halides is 1. The van der Waals surface area contributed by atoms with E-state index in [2.05, 4.69) is 25.1 Å². The van der Waals surface area contributed by atoms with Crippen molar-refractivity contribution < 1.29 is 4.74 Å². The van der Waals surface area contributed by atoms with E-state index in [0.717, 1.165) is 29.6 Å². The van der Waals surface area contributed by atoms with E-state index in [1.807, 2.05) is 17.8 Å². The average Bonchev–Trinajstić information content (AvgIpc) is 2.71. The van der Waals surface area contributed by atoms with Gasteiger partial charge in [-0.2, -0.15) is 11.8 Å². The van der Waals surface area contributed by atoms with E-state index < -0.39 is 0 Å². The zero-order valence-corrected chi connectivity index (χ0v) is 11.1. The molecule has 0 N–H and O–H groups in total. The fourth-order valence-electron chi connectivity index (χ4n) is 1.79. The van der Waals surface area contributed by atoms with Crippen LogP contribution in [0.3, 0.4) is 0 Å². The molecule has 1 aromatic carbocycles. The maximum atomic E-state index is 5.87. The summed E-state index contributed by atoms with van der Waals surface area (Å²) in [6, 6.07) is 8.32. The zero-order valence-electron chi connectivity index (χ0n) is 9.49. The van der Waals surface area contributed by atoms with Crippen molar-refractivity contribution in [3.05, 3.63) is 29.8 Å². The summed E-state index contributed by atoms with van der Waals surface area (Å²) < 4.78 is 5.87. The van der Waals surface area contributed by atoms with Gasteiger partial charge in [-0.1, -0.05) is 25.1 Å². The van der Waals surface area contributed by atoms with Crippen LogP contribution in [0.15, 0.2) is 24.3 Å². The molecular weight excluding hydrogens is 240 g/mol. The van der Waals surface area contributed by atoms with Crippen LogP contribution in [0.4, 0.5) is 0 Å². The molecular formula is C13H17ClOS. The lowest BCUT2D eigenvalue weighted by Crippen LogP contribution is -2.17. The maximum Gasteiger partial charge on any atom is 0.123 e. The van der Waals surface area contributed by atoms with Gasteiger partial charge in [0.2, 0.25) is 0 Å². The number of fused-ring (bicyclic) bond motifs is 1. The van der Waals surface area contributed by atoms with Crippen molar-refractivity contribution in [3.63, 3.8) is 0 Å². The summed E-state index contributed by atoms with van der Waals surface area (Å²) in [6.45, 7) is 2.18. The molecule has 0 spiro atoms. The fourth-order valence-corrected chi connectivity index (χ4v) is 3.14. The minimum atomic E-state index is 0.352. The first-order chi connectivity index (χ1) is 7.79. The Balaban J connectivity index is 1.75. The van der Waals surface area contributed by atoms with Gasteiger partial charge in [-0.3, -0.25) is 0 Å². The molecule has 1 aromatic rings. The van der Waals surface area contributed by atoms with Gasteiger partial charge in [0.15, 0.2) is 0 Å². The van der Waals surface area contributed by atoms with Crippen molar-refractivity contribution in [1.29, 1.82) is 0 Å². The van der Waals surface area contributed by atoms with Gasteiger partial charge in [0.05, 0.1) is 0 Å². The van der Waals surface area contributed by atoms with Crippen molar-refractivity contribution in [3.8, 4) is 5.75 Å². The van der Waals surface area contributed by atoms with Crippen molar-refractivity contribution >= 4 is 23.4 Å². The average molecular weight is 257 g/mol. The predicted molar refractivity (Wildman–Crippen MR) is 71.8 cm³/mol. The first-order valence-electron chi connectivity index (χ1n) is 5.68. The predicted octanol–water partition coefficient (Wildman–Crippen LogP) is 3.60. The van der Waals surface area contributed by atoms with E-state index in [4.69, 9.17) is 16.3 Å². The van der Waals surface area contributed by atoms with Crippen LogP contribution in [0.25, 0.3) is 0 Å². The molecule has 0 aromatic heterocycles. The Bertz CT molecular complexity index is 317. The second-order valence-electron chi connectivity index (χ2n) is 4.35. The molecule has 2 atom stereocenters. The number of benzene rings is 1. The van der Waals surface area contributed by atoms with E-state index in [1.54, 1.807) is 0 Å². The maximum absolute atomic E-state index is 5.87. The third-order valence-corrected chi connectivity index (χ3v) is 4.62. The molecule has 0 bridgehead atoms. The summed E-state index contributed by atoms with van der Waals surface area (Å²) in [4.78, 5) is 0. The van der Waals surface area contributed by atoms with Gasteiger partial charge in [-0.25, -0.2) is 0 Å². The highest BCUT2D eigenvalue weighted by Gasteiger charge is 2.21. The monoisotopic (exact) mass is 256 g/mol. The second kappa shape index (κ2) is 5.83. The van der Waals surface area contributed by atoms with Crippen LogP contribution in [0.5, 0.6) is 5.75 Å². The summed E-state index contributed by atoms with van der Waals surface area (Å²) in [5.41, 5.74) is 1.35. The van der Waals surface area contributed by atoms with Gasteiger partial charge in [-0.05, 0) is 23.3 Å². The minimum Gasteiger partial charge on any atom is -0.489 e. The Morgan fingerprint density at radius 3 is 3.06 bits per heavy atom. The third kappa shape index (κ3) is 3.08. The molecule has 1 nitrogen and oxygen atoms in total. The topological polar surface area (TPSA) is 9.23 Å². The van der Waals surface area contributed by atoms with E-state index in [1.165, 1.54) is 5.56 Å². The Kier molecular flexibility index (Phi) is 4.42. The summed E-state index contributed by atoms with van der Waals surface area (Å²) in [5, 5.41) is 0. The van der Waals surface area contributed by atoms with E-state index in [-0.39, 0.29) is 0 Å². The minimum absolute atomic E-state index is 0.352. The highest BCUT2D eigenvalue weighted by atomic mass is 35.5. The van der Waals surface area contributed by atoms with Crippen molar-refractivity contribution in [2.45, 2.75) is 19.4 Å². The molecule has 0 radical (unpaired) electrons. The van der Waals surface area contributed by atoms with Crippen molar-refractivity contribution in [2.24, 2.45) is 5.92 Å². The highest BCUT2D eigenvalue weighted by Crippen LogP contribution is 2.29. The number of hydrogen-bond donors (Lipinski definition) is 0. The van der Waals surface area contributed by atoms with E-state index in [0.29, 0.717) is 12.0 Å². The SMILES string of the molecule is CC(CCl)CSCC1Cc2ccccc2O1. The summed E-state index contributed by atoms with van der Waals surface area (Å²) in [6.07, 6.45) is 1.41. The molecule has 0 amide bonds. The lowest BCUT2D eigenvalue weighted by atomic mass is 10.1. The molecule has 2 rings (SSSR count). The van der Waals surface area contributed by atoms with Crippen LogP contribution >= 0.6 is 23.4 Å². The smallest absolute Gasteiger partial charge is 0.123 e. The lowest BCUT2D eigenvalue weighted by molar-refractivity contribution is 0.259. The third-order valence-electron chi connectivity index (χ3n) is 2.68. The van der Waals surface area contributed by atoms with Crippen LogP contribution in [0.2, 0.25) is 0 Å². The second-order valence-corrected chi connectivity index (χ2v) is 5.73. The summed E-state index contributed by atoms with van der Waals surface area (Å²) in [5.74, 6) is 4.60. The zero-order chi connectivity index (χ0) is 11.4. The largest absolute Gasteiger partial charge is 0.489 e. The van der Waals surface area contributed by atoms with Crippen LogP contribution in [0, 0.1) is 5.92 Å². The molecule has 1 aliphatic heterocycles. The van der Waals surface area contributed by atoms with Crippen LogP contribution < -0.4 is 4.74 Å². The normalized spacial score (nSPS) is 20.2. The standard InChI is InChI=1S/C13H17ClOS/c1-10(7-14)8-16-9-12-6-11-4-2-3-5-13(11)15-12/h2-5,10,12H,6-9H2,1H3. The quantitative estimate of drug-likeness (QED) is 0.745. The number of thioether (sulfide) groups is 1. The summed E-state index contributed by atoms with van der Waals surface area (Å²) in [7, 11) is 0. The molecule has 0 saturated carbocycles. The Morgan fingerprint density at radius 2 is 2.31 bits per heavy atom. The van der Waals surface area contributed by atoms with Crippen LogP contribution in [-0.2, 0) is 6.42 Å². The van der Waals surface area contributed by atoms with Gasteiger partial charge in [0, 0.05) is 18.1 Å². The first-order valence-corrected chi connectivity index (χ1v) is 7.36. The molecule has 16 heavy (non-hydrogen) atoms. The Labute approximate surface area is 107 Å². The molecule has 88 valence electrons. The Morgan fingerprint density at radius 1 is 1.50 bits per heavy atom. The van der Waals surface area contributed by atoms with Crippen LogP contribution in [-0.4, -0.2) is 23.5 Å². The lowest BCUT2D eigenvalue weighted by Gasteiger charge is -2.11. The molecule has 3 heteroatoms. The first kappa shape index (κ1) is 12.1. The molecule has 0 fully saturated rings. The van der Waals surface area contributed by atoms with E-state index >= 15 is 0 Å². The van der Waals surface area contributed by atoms with Gasteiger partial charge in [-0.15, -0.1) is 11.6 Å². The van der Waals surface area contributed by atoms with Crippen molar-refractivity contribution in [1.82, 2.24) is 0 Å². The van der Waals surface area contributed by atoms with Crippen molar-refractivity contribution in [2.75, 3.05) is 17.4 Å². The van der Waals surface area contributed by atoms with Gasteiger partial charge in [0.1, 0.15) is 11.9 Å². The highest BCUT2D eigenvalue weighted by molar-refractivity contribution is 7.99. The number of ether oxygens (including phenoxy) is 1. The summed E-state index contributed by atoms with van der Waals surface area (Å²) >= 11 is 7.72. The fraction of sp³-hybridized carbons (Fsp3) is 0.538. The number of rotatable bonds is 5. The number of halogens is 1. The molecule has 0 saturated heterocycles. The number of para-hydroxylation sites is 1. The molecule has 2 unspecified atom stereocenters. The van der Waals surface area contributed by atoms with Crippen LogP contribution in [0.1, 0.15) is 12.5 Å². The van der Waals surface area contributed by atoms with Gasteiger partial charge in [0.25, 0.3) is 0 Å². The molecule has 1 heterocycles. The number of hydrogen-bond acceptors (Lipinski definition) is 2. The van der Waals surface area contributed by atoms with Gasteiger partial charge >= 0.3 is 0 Å². The van der Waals surface area contributed by atoms with E-state index in [9.17, 15) is 0 Å². The van der Waals surface area contributed by atoms with Gasteiger partial charge < -0.3 is 4.74 Å². The Hall–Kier alpha value is -0.340.